The van der Waals surface area contributed by atoms with Crippen LogP contribution in [0.15, 0.2) is 42.7 Å². The average molecular weight is 326 g/mol. The van der Waals surface area contributed by atoms with E-state index in [4.69, 9.17) is 9.47 Å². The summed E-state index contributed by atoms with van der Waals surface area (Å²) in [6.45, 7) is 4.79. The predicted octanol–water partition coefficient (Wildman–Crippen LogP) is 3.10. The van der Waals surface area contributed by atoms with E-state index < -0.39 is 6.10 Å². The summed E-state index contributed by atoms with van der Waals surface area (Å²) < 4.78 is 12.8. The Morgan fingerprint density at radius 3 is 2.67 bits per heavy atom. The Balaban J connectivity index is 1.66. The molecule has 3 aromatic rings. The van der Waals surface area contributed by atoms with Crippen LogP contribution in [0.5, 0.6) is 11.5 Å². The van der Waals surface area contributed by atoms with Gasteiger partial charge in [0.05, 0.1) is 31.0 Å². The molecule has 3 rings (SSSR count). The molecular formula is C19H22N2O3. The van der Waals surface area contributed by atoms with E-state index in [-0.39, 0.29) is 6.61 Å². The smallest absolute Gasteiger partial charge is 0.123 e. The molecule has 126 valence electrons. The van der Waals surface area contributed by atoms with Gasteiger partial charge in [-0.2, -0.15) is 0 Å². The molecule has 5 heteroatoms. The van der Waals surface area contributed by atoms with Crippen LogP contribution < -0.4 is 9.47 Å². The van der Waals surface area contributed by atoms with Crippen molar-refractivity contribution in [2.75, 3.05) is 13.7 Å². The van der Waals surface area contributed by atoms with Crippen LogP contribution in [0.2, 0.25) is 0 Å². The van der Waals surface area contributed by atoms with Crippen LogP contribution in [-0.2, 0) is 6.54 Å². The molecule has 0 amide bonds. The molecule has 1 aromatic heterocycles. The van der Waals surface area contributed by atoms with Gasteiger partial charge in [0.25, 0.3) is 0 Å². The number of methoxy groups -OCH3 is 1. The lowest BCUT2D eigenvalue weighted by molar-refractivity contribution is 0.0933. The fraction of sp³-hybridized carbons (Fsp3) is 0.316. The third kappa shape index (κ3) is 3.51. The number of ether oxygens (including phenoxy) is 2. The van der Waals surface area contributed by atoms with Gasteiger partial charge in [-0.25, -0.2) is 4.98 Å². The van der Waals surface area contributed by atoms with Gasteiger partial charge in [0.15, 0.2) is 0 Å². The Morgan fingerprint density at radius 2 is 1.88 bits per heavy atom. The second-order valence-electron chi connectivity index (χ2n) is 5.97. The van der Waals surface area contributed by atoms with Crippen LogP contribution >= 0.6 is 0 Å². The summed E-state index contributed by atoms with van der Waals surface area (Å²) in [5.41, 5.74) is 4.40. The molecule has 0 spiro atoms. The molecular weight excluding hydrogens is 304 g/mol. The maximum atomic E-state index is 10.3. The first-order valence-electron chi connectivity index (χ1n) is 7.94. The number of aliphatic hydroxyl groups is 1. The van der Waals surface area contributed by atoms with E-state index in [1.54, 1.807) is 19.5 Å². The summed E-state index contributed by atoms with van der Waals surface area (Å²) in [7, 11) is 1.61. The van der Waals surface area contributed by atoms with E-state index in [0.717, 1.165) is 16.8 Å². The van der Waals surface area contributed by atoms with Crippen molar-refractivity contribution in [3.05, 3.63) is 53.9 Å². The van der Waals surface area contributed by atoms with Gasteiger partial charge in [0.2, 0.25) is 0 Å². The van der Waals surface area contributed by atoms with Crippen molar-refractivity contribution in [2.45, 2.75) is 26.5 Å². The number of aliphatic hydroxyl groups excluding tert-OH is 1. The van der Waals surface area contributed by atoms with Crippen LogP contribution in [0.4, 0.5) is 0 Å². The van der Waals surface area contributed by atoms with Crippen LogP contribution in [0.3, 0.4) is 0 Å². The Bertz CT molecular complexity index is 842. The van der Waals surface area contributed by atoms with Gasteiger partial charge >= 0.3 is 0 Å². The van der Waals surface area contributed by atoms with E-state index in [0.29, 0.717) is 12.3 Å². The first kappa shape index (κ1) is 16.3. The molecule has 0 fully saturated rings. The minimum atomic E-state index is -0.629. The van der Waals surface area contributed by atoms with Crippen molar-refractivity contribution in [3.8, 4) is 11.5 Å². The summed E-state index contributed by atoms with van der Waals surface area (Å²) in [4.78, 5) is 4.41. The number of hydrogen-bond donors (Lipinski definition) is 1. The van der Waals surface area contributed by atoms with Gasteiger partial charge in [-0.15, -0.1) is 0 Å². The molecule has 0 saturated heterocycles. The van der Waals surface area contributed by atoms with Crippen LogP contribution in [0.1, 0.15) is 11.1 Å². The predicted molar refractivity (Wildman–Crippen MR) is 93.7 cm³/mol. The topological polar surface area (TPSA) is 56.5 Å². The van der Waals surface area contributed by atoms with E-state index in [1.807, 2.05) is 22.8 Å². The van der Waals surface area contributed by atoms with Crippen molar-refractivity contribution < 1.29 is 14.6 Å². The highest BCUT2D eigenvalue weighted by atomic mass is 16.5. The molecule has 2 aromatic carbocycles. The third-order valence-electron chi connectivity index (χ3n) is 4.13. The maximum Gasteiger partial charge on any atom is 0.123 e. The number of hydrogen-bond acceptors (Lipinski definition) is 4. The lowest BCUT2D eigenvalue weighted by Gasteiger charge is -2.14. The summed E-state index contributed by atoms with van der Waals surface area (Å²) >= 11 is 0. The number of fused-ring (bicyclic) bond motifs is 1. The fourth-order valence-corrected chi connectivity index (χ4v) is 2.62. The van der Waals surface area contributed by atoms with Crippen molar-refractivity contribution in [1.29, 1.82) is 0 Å². The van der Waals surface area contributed by atoms with Gasteiger partial charge in [0.1, 0.15) is 24.2 Å². The van der Waals surface area contributed by atoms with Crippen molar-refractivity contribution in [2.24, 2.45) is 0 Å². The SMILES string of the molecule is COc1cccc(OC[C@@H](O)Cn2cnc3cc(C)c(C)cc32)c1. The molecule has 1 N–H and O–H groups in total. The fourth-order valence-electron chi connectivity index (χ4n) is 2.62. The minimum Gasteiger partial charge on any atom is -0.497 e. The molecule has 24 heavy (non-hydrogen) atoms. The quantitative estimate of drug-likeness (QED) is 0.756. The number of imidazole rings is 1. The standard InChI is InChI=1S/C19H22N2O3/c1-13-7-18-19(8-14(13)2)21(12-20-18)10-15(22)11-24-17-6-4-5-16(9-17)23-3/h4-9,12,15,22H,10-11H2,1-3H3/t15-/m0/s1. The zero-order chi connectivity index (χ0) is 17.1. The monoisotopic (exact) mass is 326 g/mol. The Hall–Kier alpha value is -2.53. The second-order valence-corrected chi connectivity index (χ2v) is 5.97. The summed E-state index contributed by atoms with van der Waals surface area (Å²) in [5, 5.41) is 10.3. The summed E-state index contributed by atoms with van der Waals surface area (Å²) in [6.07, 6.45) is 1.13. The molecule has 1 heterocycles. The molecule has 0 aliphatic carbocycles. The van der Waals surface area contributed by atoms with E-state index in [9.17, 15) is 5.11 Å². The molecule has 0 saturated carbocycles. The van der Waals surface area contributed by atoms with Crippen LogP contribution in [0.25, 0.3) is 11.0 Å². The number of benzene rings is 2. The van der Waals surface area contributed by atoms with Gasteiger partial charge in [0, 0.05) is 6.07 Å². The van der Waals surface area contributed by atoms with E-state index in [1.165, 1.54) is 11.1 Å². The lowest BCUT2D eigenvalue weighted by atomic mass is 10.1. The summed E-state index contributed by atoms with van der Waals surface area (Å²) in [5.74, 6) is 1.41. The van der Waals surface area contributed by atoms with E-state index in [2.05, 4.69) is 31.0 Å². The highest BCUT2D eigenvalue weighted by molar-refractivity contribution is 5.77. The molecule has 0 aliphatic rings. The van der Waals surface area contributed by atoms with Gasteiger partial charge in [-0.1, -0.05) is 6.07 Å². The first-order valence-corrected chi connectivity index (χ1v) is 7.94. The number of aryl methyl sites for hydroxylation is 2. The molecule has 0 unspecified atom stereocenters. The first-order chi connectivity index (χ1) is 11.6. The Morgan fingerprint density at radius 1 is 1.12 bits per heavy atom. The second kappa shape index (κ2) is 6.93. The number of nitrogens with zero attached hydrogens (tertiary/aromatic N) is 2. The Kier molecular flexibility index (Phi) is 4.71. The molecule has 0 aliphatic heterocycles. The van der Waals surface area contributed by atoms with Gasteiger partial charge in [-0.05, 0) is 49.2 Å². The zero-order valence-corrected chi connectivity index (χ0v) is 14.2. The van der Waals surface area contributed by atoms with Crippen molar-refractivity contribution in [1.82, 2.24) is 9.55 Å². The van der Waals surface area contributed by atoms with Gasteiger partial charge in [-0.3, -0.25) is 0 Å². The van der Waals surface area contributed by atoms with Crippen LogP contribution in [-0.4, -0.2) is 34.5 Å². The molecule has 5 nitrogen and oxygen atoms in total. The van der Waals surface area contributed by atoms with Gasteiger partial charge < -0.3 is 19.1 Å². The number of rotatable bonds is 6. The highest BCUT2D eigenvalue weighted by Crippen LogP contribution is 2.20. The average Bonchev–Trinajstić information content (AvgIpc) is 2.95. The molecule has 0 bridgehead atoms. The largest absolute Gasteiger partial charge is 0.497 e. The molecule has 1 atom stereocenters. The zero-order valence-electron chi connectivity index (χ0n) is 14.2. The highest BCUT2D eigenvalue weighted by Gasteiger charge is 2.11. The van der Waals surface area contributed by atoms with Crippen LogP contribution in [0, 0.1) is 13.8 Å². The van der Waals surface area contributed by atoms with Crippen molar-refractivity contribution in [3.63, 3.8) is 0 Å². The summed E-state index contributed by atoms with van der Waals surface area (Å²) in [6, 6.07) is 11.5. The van der Waals surface area contributed by atoms with Crippen molar-refractivity contribution >= 4 is 11.0 Å². The normalized spacial score (nSPS) is 12.3. The minimum absolute atomic E-state index is 0.206. The number of aromatic nitrogens is 2. The Labute approximate surface area is 141 Å². The maximum absolute atomic E-state index is 10.3. The molecule has 0 radical (unpaired) electrons. The lowest BCUT2D eigenvalue weighted by Crippen LogP contribution is -2.23. The van der Waals surface area contributed by atoms with E-state index >= 15 is 0 Å². The third-order valence-corrected chi connectivity index (χ3v) is 4.13.